The molecule has 0 aliphatic heterocycles. The molecule has 0 saturated carbocycles. The van der Waals surface area contributed by atoms with Crippen molar-refractivity contribution in [1.29, 1.82) is 0 Å². The minimum Gasteiger partial charge on any atom is -0.458 e. The van der Waals surface area contributed by atoms with Crippen LogP contribution in [-0.4, -0.2) is 5.90 Å². The van der Waals surface area contributed by atoms with E-state index >= 15 is 0 Å². The van der Waals surface area contributed by atoms with Crippen molar-refractivity contribution in [3.8, 4) is 11.8 Å². The average molecular weight is 985 g/mol. The Kier molecular flexibility index (Phi) is 15.6. The Bertz CT molecular complexity index is 2680. The summed E-state index contributed by atoms with van der Waals surface area (Å²) in [6.45, 7) is 0. The maximum Gasteiger partial charge on any atom is 1.00 e. The van der Waals surface area contributed by atoms with Crippen molar-refractivity contribution < 1.29 is 53.6 Å². The van der Waals surface area contributed by atoms with Crippen molar-refractivity contribution in [3.63, 3.8) is 0 Å². The molecule has 0 atom stereocenters. The van der Waals surface area contributed by atoms with Crippen LogP contribution in [-0.2, 0) is 44.8 Å². The zero-order valence-corrected chi connectivity index (χ0v) is 36.7. The van der Waals surface area contributed by atoms with Crippen molar-refractivity contribution in [3.05, 3.63) is 230 Å². The molecule has 2 heterocycles. The SMILES string of the molecule is [Ag+].[Ag+].[C-]#Cc1cccc2oc3ccccc3c12.[C-]#Cc1cccc2oc3ccccc3c12.c1ccc([PH+](C[PH+](c2ccccc2)c2ccccc2)c2ccccc2)cc1. The van der Waals surface area contributed by atoms with Crippen LogP contribution in [0.25, 0.3) is 43.9 Å². The fourth-order valence-corrected chi connectivity index (χ4v) is 15.0. The predicted octanol–water partition coefficient (Wildman–Crippen LogP) is 11.7. The summed E-state index contributed by atoms with van der Waals surface area (Å²) in [6.07, 6.45) is 14.5. The first-order chi connectivity index (χ1) is 28.2. The zero-order valence-electron chi connectivity index (χ0n) is 31.8. The Morgan fingerprint density at radius 3 is 0.949 bits per heavy atom. The molecule has 6 heteroatoms. The van der Waals surface area contributed by atoms with Crippen LogP contribution in [0.3, 0.4) is 0 Å². The molecule has 10 aromatic rings. The van der Waals surface area contributed by atoms with Crippen molar-refractivity contribution in [2.75, 3.05) is 5.90 Å². The largest absolute Gasteiger partial charge is 1.00 e. The van der Waals surface area contributed by atoms with Crippen molar-refractivity contribution in [2.24, 2.45) is 0 Å². The van der Waals surface area contributed by atoms with Gasteiger partial charge in [-0.2, -0.15) is 0 Å². The van der Waals surface area contributed by atoms with Gasteiger partial charge in [-0.25, -0.2) is 0 Å². The fourth-order valence-electron chi connectivity index (χ4n) is 7.23. The molecule has 0 bridgehead atoms. The summed E-state index contributed by atoms with van der Waals surface area (Å²) in [4.78, 5) is 0. The van der Waals surface area contributed by atoms with Crippen LogP contribution < -0.4 is 21.2 Å². The van der Waals surface area contributed by atoms with Crippen molar-refractivity contribution in [1.82, 2.24) is 0 Å². The molecule has 0 radical (unpaired) electrons. The average Bonchev–Trinajstić information content (AvgIpc) is 3.87. The maximum atomic E-state index is 7.25. The Balaban J connectivity index is 0.000000156. The number of furan rings is 2. The van der Waals surface area contributed by atoms with Crippen molar-refractivity contribution in [2.45, 2.75) is 0 Å². The van der Waals surface area contributed by atoms with E-state index in [1.807, 2.05) is 84.9 Å². The molecule has 10 rings (SSSR count). The quantitative estimate of drug-likeness (QED) is 0.0718. The molecule has 0 fully saturated rings. The van der Waals surface area contributed by atoms with E-state index in [0.717, 1.165) is 55.0 Å². The second-order valence-corrected chi connectivity index (χ2v) is 19.0. The topological polar surface area (TPSA) is 26.3 Å². The van der Waals surface area contributed by atoms with Gasteiger partial charge in [0, 0.05) is 10.8 Å². The molecule has 2 nitrogen and oxygen atoms in total. The van der Waals surface area contributed by atoms with Gasteiger partial charge in [0.25, 0.3) is 0 Å². The number of benzene rings is 8. The van der Waals surface area contributed by atoms with Gasteiger partial charge in [0.1, 0.15) is 59.4 Å². The first kappa shape index (κ1) is 43.4. The Morgan fingerprint density at radius 2 is 0.627 bits per heavy atom. The molecule has 8 aromatic carbocycles. The molecule has 0 unspecified atom stereocenters. The minimum atomic E-state index is -0.847. The normalized spacial score (nSPS) is 10.4. The van der Waals surface area contributed by atoms with Gasteiger partial charge in [0.05, 0.1) is 0 Å². The molecule has 59 heavy (non-hydrogen) atoms. The van der Waals surface area contributed by atoms with E-state index < -0.39 is 15.8 Å². The summed E-state index contributed by atoms with van der Waals surface area (Å²) in [5.41, 5.74) is 4.89. The second-order valence-electron chi connectivity index (χ2n) is 13.4. The molecular weight excluding hydrogens is 946 g/mol. The van der Waals surface area contributed by atoms with Gasteiger partial charge in [-0.3, -0.25) is 11.8 Å². The van der Waals surface area contributed by atoms with E-state index in [0.29, 0.717) is 0 Å². The summed E-state index contributed by atoms with van der Waals surface area (Å²) in [7, 11) is -1.69. The number of rotatable bonds is 6. The van der Waals surface area contributed by atoms with Crippen molar-refractivity contribution >= 4 is 80.9 Å². The van der Waals surface area contributed by atoms with Gasteiger partial charge in [-0.15, -0.1) is 23.3 Å². The van der Waals surface area contributed by atoms with E-state index in [1.165, 1.54) is 27.1 Å². The molecule has 0 aliphatic rings. The summed E-state index contributed by atoms with van der Waals surface area (Å²) >= 11 is 0. The van der Waals surface area contributed by atoms with Crippen LogP contribution >= 0.6 is 15.8 Å². The third-order valence-corrected chi connectivity index (χ3v) is 16.9. The van der Waals surface area contributed by atoms with E-state index in [-0.39, 0.29) is 44.8 Å². The molecule has 0 N–H and O–H groups in total. The van der Waals surface area contributed by atoms with Gasteiger partial charge in [-0.05, 0) is 83.6 Å². The molecule has 0 spiro atoms. The molecule has 2 aromatic heterocycles. The predicted molar refractivity (Wildman–Crippen MR) is 246 cm³/mol. The monoisotopic (exact) mass is 982 g/mol. The van der Waals surface area contributed by atoms with E-state index in [2.05, 4.69) is 133 Å². The van der Waals surface area contributed by atoms with Crippen LogP contribution in [0.4, 0.5) is 0 Å². The third-order valence-electron chi connectivity index (χ3n) is 9.92. The Hall–Kier alpha value is -5.18. The minimum absolute atomic E-state index is 0. The van der Waals surface area contributed by atoms with Gasteiger partial charge in [0.15, 0.2) is 5.90 Å². The zero-order chi connectivity index (χ0) is 38.8. The fraction of sp³-hybridized carbons (Fsp3) is 0.0189. The third kappa shape index (κ3) is 10.00. The van der Waals surface area contributed by atoms with Crippen LogP contribution in [0, 0.1) is 24.7 Å². The van der Waals surface area contributed by atoms with E-state index in [9.17, 15) is 0 Å². The van der Waals surface area contributed by atoms with Crippen LogP contribution in [0.2, 0.25) is 0 Å². The first-order valence-corrected chi connectivity index (χ1v) is 22.2. The first-order valence-electron chi connectivity index (χ1n) is 18.8. The maximum absolute atomic E-state index is 7.25. The van der Waals surface area contributed by atoms with Crippen LogP contribution in [0.1, 0.15) is 11.1 Å². The summed E-state index contributed by atoms with van der Waals surface area (Å²) < 4.78 is 11.3. The molecule has 0 aliphatic carbocycles. The van der Waals surface area contributed by atoms with Gasteiger partial charge >= 0.3 is 44.8 Å². The second kappa shape index (κ2) is 21.2. The standard InChI is InChI=1S/C25H22P2.2C14H7O.2Ag/c1-5-13-22(14-6-1)26(23-15-7-2-8-16-23)21-27(24-17-9-3-10-18-24)25-19-11-4-12-20-25;2*1-2-10-6-5-9-13-14(10)11-7-3-4-8-12(11)15-13;;/h1-20H,21H2;2*3-9H;;/q;2*-1;2*+1/p+2. The Labute approximate surface area is 379 Å². The summed E-state index contributed by atoms with van der Waals surface area (Å²) in [5.74, 6) is 6.12. The molecular formula is C53H38Ag2O2P2+2. The summed E-state index contributed by atoms with van der Waals surface area (Å²) in [6, 6.07) is 71.5. The number of hydrogen-bond acceptors (Lipinski definition) is 2. The van der Waals surface area contributed by atoms with Gasteiger partial charge < -0.3 is 21.7 Å². The van der Waals surface area contributed by atoms with Gasteiger partial charge in [0.2, 0.25) is 0 Å². The molecule has 0 saturated heterocycles. The summed E-state index contributed by atoms with van der Waals surface area (Å²) in [5, 5.41) is 10.1. The molecule has 292 valence electrons. The van der Waals surface area contributed by atoms with E-state index in [1.54, 1.807) is 0 Å². The van der Waals surface area contributed by atoms with Crippen LogP contribution in [0.5, 0.6) is 0 Å². The number of hydrogen-bond donors (Lipinski definition) is 0. The Morgan fingerprint density at radius 1 is 0.339 bits per heavy atom. The number of fused-ring (bicyclic) bond motifs is 6. The van der Waals surface area contributed by atoms with Gasteiger partial charge in [-0.1, -0.05) is 121 Å². The van der Waals surface area contributed by atoms with Crippen LogP contribution in [0.15, 0.2) is 215 Å². The van der Waals surface area contributed by atoms with E-state index in [4.69, 9.17) is 21.7 Å². The number of para-hydroxylation sites is 2. The smallest absolute Gasteiger partial charge is 0.458 e. The molecule has 0 amide bonds.